The molecule has 0 aliphatic heterocycles. The van der Waals surface area contributed by atoms with Crippen molar-refractivity contribution >= 4 is 11.7 Å². The standard InChI is InChI=1S/C15H18N4O/c1-10-9-17-19(11(2)12-3-4-12)14(10)18-15(20)13-5-7-16-8-6-13/h5-9,11-12H,3-4H2,1-2H3,(H,18,20)/t11-/m0/s1. The van der Waals surface area contributed by atoms with Crippen LogP contribution >= 0.6 is 0 Å². The van der Waals surface area contributed by atoms with Crippen LogP contribution in [-0.4, -0.2) is 20.7 Å². The molecule has 0 aromatic carbocycles. The predicted molar refractivity (Wildman–Crippen MR) is 76.6 cm³/mol. The third-order valence-electron chi connectivity index (χ3n) is 3.84. The Balaban J connectivity index is 1.83. The topological polar surface area (TPSA) is 59.8 Å². The number of aromatic nitrogens is 3. The molecule has 0 unspecified atom stereocenters. The van der Waals surface area contributed by atoms with Crippen LogP contribution in [0.3, 0.4) is 0 Å². The van der Waals surface area contributed by atoms with Crippen LogP contribution in [0.15, 0.2) is 30.7 Å². The first-order valence-corrected chi connectivity index (χ1v) is 6.92. The number of aryl methyl sites for hydroxylation is 1. The molecule has 104 valence electrons. The number of pyridine rings is 1. The van der Waals surface area contributed by atoms with E-state index in [1.807, 2.05) is 11.6 Å². The molecule has 1 N–H and O–H groups in total. The summed E-state index contributed by atoms with van der Waals surface area (Å²) in [4.78, 5) is 16.2. The number of hydrogen-bond donors (Lipinski definition) is 1. The van der Waals surface area contributed by atoms with Crippen molar-refractivity contribution in [3.05, 3.63) is 41.9 Å². The summed E-state index contributed by atoms with van der Waals surface area (Å²) in [6, 6.07) is 3.74. The molecule has 0 radical (unpaired) electrons. The van der Waals surface area contributed by atoms with Crippen LogP contribution in [0.4, 0.5) is 5.82 Å². The smallest absolute Gasteiger partial charge is 0.256 e. The molecule has 0 bridgehead atoms. The van der Waals surface area contributed by atoms with E-state index in [1.54, 1.807) is 30.7 Å². The van der Waals surface area contributed by atoms with Crippen molar-refractivity contribution in [1.29, 1.82) is 0 Å². The lowest BCUT2D eigenvalue weighted by Gasteiger charge is -2.16. The van der Waals surface area contributed by atoms with E-state index in [4.69, 9.17) is 0 Å². The van der Waals surface area contributed by atoms with Gasteiger partial charge in [-0.1, -0.05) is 0 Å². The lowest BCUT2D eigenvalue weighted by Crippen LogP contribution is -2.19. The molecule has 1 atom stereocenters. The Kier molecular flexibility index (Phi) is 3.26. The fourth-order valence-corrected chi connectivity index (χ4v) is 2.37. The predicted octanol–water partition coefficient (Wildman–Crippen LogP) is 2.81. The van der Waals surface area contributed by atoms with Crippen molar-refractivity contribution in [2.45, 2.75) is 32.7 Å². The van der Waals surface area contributed by atoms with E-state index < -0.39 is 0 Å². The first-order valence-electron chi connectivity index (χ1n) is 6.92. The molecule has 2 aromatic rings. The van der Waals surface area contributed by atoms with Gasteiger partial charge in [-0.25, -0.2) is 4.68 Å². The van der Waals surface area contributed by atoms with Crippen LogP contribution in [0.5, 0.6) is 0 Å². The molecule has 1 fully saturated rings. The fourth-order valence-electron chi connectivity index (χ4n) is 2.37. The number of amides is 1. The molecule has 1 aliphatic carbocycles. The molecule has 1 amide bonds. The average molecular weight is 270 g/mol. The molecule has 1 saturated carbocycles. The first-order chi connectivity index (χ1) is 9.66. The van der Waals surface area contributed by atoms with Crippen molar-refractivity contribution in [1.82, 2.24) is 14.8 Å². The maximum atomic E-state index is 12.2. The minimum Gasteiger partial charge on any atom is -0.307 e. The van der Waals surface area contributed by atoms with Crippen molar-refractivity contribution < 1.29 is 4.79 Å². The molecule has 5 nitrogen and oxygen atoms in total. The van der Waals surface area contributed by atoms with Crippen LogP contribution in [0.1, 0.15) is 41.7 Å². The number of nitrogens with zero attached hydrogens (tertiary/aromatic N) is 3. The van der Waals surface area contributed by atoms with Gasteiger partial charge in [0.15, 0.2) is 0 Å². The van der Waals surface area contributed by atoms with E-state index >= 15 is 0 Å². The fraction of sp³-hybridized carbons (Fsp3) is 0.400. The Morgan fingerprint density at radius 2 is 2.10 bits per heavy atom. The van der Waals surface area contributed by atoms with Gasteiger partial charge in [-0.2, -0.15) is 5.10 Å². The highest BCUT2D eigenvalue weighted by atomic mass is 16.1. The van der Waals surface area contributed by atoms with Gasteiger partial charge in [0.1, 0.15) is 5.82 Å². The zero-order valence-corrected chi connectivity index (χ0v) is 11.7. The summed E-state index contributed by atoms with van der Waals surface area (Å²) >= 11 is 0. The molecule has 2 heterocycles. The van der Waals surface area contributed by atoms with Gasteiger partial charge in [-0.05, 0) is 44.7 Å². The number of carbonyl (C=O) groups is 1. The monoisotopic (exact) mass is 270 g/mol. The lowest BCUT2D eigenvalue weighted by molar-refractivity contribution is 0.102. The van der Waals surface area contributed by atoms with Crippen molar-refractivity contribution in [3.8, 4) is 0 Å². The minimum atomic E-state index is -0.125. The summed E-state index contributed by atoms with van der Waals surface area (Å²) in [6.45, 7) is 4.12. The summed E-state index contributed by atoms with van der Waals surface area (Å²) in [7, 11) is 0. The number of anilines is 1. The summed E-state index contributed by atoms with van der Waals surface area (Å²) < 4.78 is 1.94. The van der Waals surface area contributed by atoms with Crippen LogP contribution in [0, 0.1) is 12.8 Å². The first kappa shape index (κ1) is 12.8. The van der Waals surface area contributed by atoms with Gasteiger partial charge < -0.3 is 5.32 Å². The van der Waals surface area contributed by atoms with E-state index in [2.05, 4.69) is 22.3 Å². The van der Waals surface area contributed by atoms with Crippen molar-refractivity contribution in [3.63, 3.8) is 0 Å². The van der Waals surface area contributed by atoms with Crippen LogP contribution < -0.4 is 5.32 Å². The molecule has 0 saturated heterocycles. The van der Waals surface area contributed by atoms with E-state index in [0.717, 1.165) is 11.4 Å². The third-order valence-corrected chi connectivity index (χ3v) is 3.84. The number of nitrogens with one attached hydrogen (secondary N) is 1. The van der Waals surface area contributed by atoms with Gasteiger partial charge >= 0.3 is 0 Å². The normalized spacial score (nSPS) is 15.9. The molecule has 2 aromatic heterocycles. The van der Waals surface area contributed by atoms with Crippen molar-refractivity contribution in [2.75, 3.05) is 5.32 Å². The Bertz CT molecular complexity index is 616. The second-order valence-electron chi connectivity index (χ2n) is 5.39. The Morgan fingerprint density at radius 3 is 2.75 bits per heavy atom. The molecular weight excluding hydrogens is 252 g/mol. The summed E-state index contributed by atoms with van der Waals surface area (Å²) in [5.74, 6) is 1.36. The summed E-state index contributed by atoms with van der Waals surface area (Å²) in [5, 5.41) is 7.39. The summed E-state index contributed by atoms with van der Waals surface area (Å²) in [6.07, 6.45) is 7.54. The van der Waals surface area contributed by atoms with E-state index in [1.165, 1.54) is 12.8 Å². The zero-order valence-electron chi connectivity index (χ0n) is 11.7. The molecule has 20 heavy (non-hydrogen) atoms. The van der Waals surface area contributed by atoms with Crippen LogP contribution in [0.25, 0.3) is 0 Å². The van der Waals surface area contributed by atoms with Gasteiger partial charge in [-0.15, -0.1) is 0 Å². The highest BCUT2D eigenvalue weighted by molar-refractivity contribution is 6.04. The molecule has 0 spiro atoms. The van der Waals surface area contributed by atoms with E-state index in [-0.39, 0.29) is 5.91 Å². The molecule has 1 aliphatic rings. The van der Waals surface area contributed by atoms with Gasteiger partial charge in [0.25, 0.3) is 5.91 Å². The number of rotatable bonds is 4. The SMILES string of the molecule is Cc1cnn([C@@H](C)C2CC2)c1NC(=O)c1ccncc1. The quantitative estimate of drug-likeness (QED) is 0.929. The maximum absolute atomic E-state index is 12.2. The summed E-state index contributed by atoms with van der Waals surface area (Å²) in [5.41, 5.74) is 1.59. The number of carbonyl (C=O) groups excluding carboxylic acids is 1. The van der Waals surface area contributed by atoms with Crippen molar-refractivity contribution in [2.24, 2.45) is 5.92 Å². The third kappa shape index (κ3) is 2.43. The molecule has 5 heteroatoms. The van der Waals surface area contributed by atoms with Gasteiger partial charge in [0.2, 0.25) is 0 Å². The number of hydrogen-bond acceptors (Lipinski definition) is 3. The van der Waals surface area contributed by atoms with E-state index in [0.29, 0.717) is 17.5 Å². The lowest BCUT2D eigenvalue weighted by atomic mass is 10.2. The minimum absolute atomic E-state index is 0.125. The largest absolute Gasteiger partial charge is 0.307 e. The zero-order chi connectivity index (χ0) is 14.1. The maximum Gasteiger partial charge on any atom is 0.256 e. The van der Waals surface area contributed by atoms with Gasteiger partial charge in [-0.3, -0.25) is 9.78 Å². The van der Waals surface area contributed by atoms with Crippen LogP contribution in [0.2, 0.25) is 0 Å². The highest BCUT2D eigenvalue weighted by Crippen LogP contribution is 2.40. The van der Waals surface area contributed by atoms with E-state index in [9.17, 15) is 4.79 Å². The highest BCUT2D eigenvalue weighted by Gasteiger charge is 2.31. The molecular formula is C15H18N4O. The Hall–Kier alpha value is -2.17. The second-order valence-corrected chi connectivity index (χ2v) is 5.39. The van der Waals surface area contributed by atoms with Gasteiger partial charge in [0.05, 0.1) is 12.2 Å². The van der Waals surface area contributed by atoms with Crippen LogP contribution in [-0.2, 0) is 0 Å². The average Bonchev–Trinajstić information content (AvgIpc) is 3.26. The molecule has 3 rings (SSSR count). The Morgan fingerprint density at radius 1 is 1.40 bits per heavy atom. The Labute approximate surface area is 118 Å². The van der Waals surface area contributed by atoms with Gasteiger partial charge in [0, 0.05) is 23.5 Å². The second kappa shape index (κ2) is 5.07.